The SMILES string of the molecule is O[C@H](CNCc1nnnn1Cc1ccccc1)c1ccccc1. The molecular weight excluding hydrogens is 290 g/mol. The van der Waals surface area contributed by atoms with E-state index in [2.05, 4.69) is 20.8 Å². The molecule has 0 amide bonds. The van der Waals surface area contributed by atoms with Gasteiger partial charge in [-0.15, -0.1) is 5.10 Å². The molecule has 0 aliphatic heterocycles. The van der Waals surface area contributed by atoms with Gasteiger partial charge in [-0.1, -0.05) is 60.7 Å². The number of hydrogen-bond donors (Lipinski definition) is 2. The van der Waals surface area contributed by atoms with Gasteiger partial charge in [-0.3, -0.25) is 0 Å². The first kappa shape index (κ1) is 15.3. The third-order valence-electron chi connectivity index (χ3n) is 3.59. The molecule has 0 saturated heterocycles. The van der Waals surface area contributed by atoms with E-state index in [0.717, 1.165) is 17.0 Å². The largest absolute Gasteiger partial charge is 0.387 e. The van der Waals surface area contributed by atoms with Crippen LogP contribution in [0.1, 0.15) is 23.1 Å². The predicted octanol–water partition coefficient (Wildman–Crippen LogP) is 1.54. The minimum atomic E-state index is -0.547. The third-order valence-corrected chi connectivity index (χ3v) is 3.59. The van der Waals surface area contributed by atoms with E-state index in [4.69, 9.17) is 0 Å². The standard InChI is InChI=1S/C17H19N5O/c23-16(15-9-5-2-6-10-15)11-18-12-17-19-20-21-22(17)13-14-7-3-1-4-8-14/h1-10,16,18,23H,11-13H2/t16-/m1/s1. The lowest BCUT2D eigenvalue weighted by Gasteiger charge is -2.12. The van der Waals surface area contributed by atoms with Crippen LogP contribution in [0.3, 0.4) is 0 Å². The highest BCUT2D eigenvalue weighted by atomic mass is 16.3. The second-order valence-electron chi connectivity index (χ2n) is 5.30. The fraction of sp³-hybridized carbons (Fsp3) is 0.235. The number of tetrazole rings is 1. The summed E-state index contributed by atoms with van der Waals surface area (Å²) < 4.78 is 1.76. The van der Waals surface area contributed by atoms with E-state index in [0.29, 0.717) is 19.6 Å². The van der Waals surface area contributed by atoms with E-state index in [9.17, 15) is 5.11 Å². The molecule has 6 nitrogen and oxygen atoms in total. The van der Waals surface area contributed by atoms with Gasteiger partial charge in [0.15, 0.2) is 5.82 Å². The van der Waals surface area contributed by atoms with E-state index in [-0.39, 0.29) is 0 Å². The average molecular weight is 309 g/mol. The molecule has 118 valence electrons. The molecular formula is C17H19N5O. The molecule has 0 radical (unpaired) electrons. The second-order valence-corrected chi connectivity index (χ2v) is 5.30. The van der Waals surface area contributed by atoms with E-state index in [1.165, 1.54) is 0 Å². The van der Waals surface area contributed by atoms with Crippen molar-refractivity contribution in [2.45, 2.75) is 19.2 Å². The highest BCUT2D eigenvalue weighted by Crippen LogP contribution is 2.10. The van der Waals surface area contributed by atoms with Crippen LogP contribution < -0.4 is 5.32 Å². The van der Waals surface area contributed by atoms with Crippen molar-refractivity contribution in [1.82, 2.24) is 25.5 Å². The molecule has 3 aromatic rings. The van der Waals surface area contributed by atoms with Crippen LogP contribution in [-0.2, 0) is 13.1 Å². The Labute approximate surface area is 134 Å². The fourth-order valence-corrected chi connectivity index (χ4v) is 2.34. The highest BCUT2D eigenvalue weighted by molar-refractivity contribution is 5.17. The van der Waals surface area contributed by atoms with Gasteiger partial charge in [0.1, 0.15) is 0 Å². The van der Waals surface area contributed by atoms with Crippen LogP contribution in [-0.4, -0.2) is 31.9 Å². The Morgan fingerprint density at radius 3 is 2.43 bits per heavy atom. The van der Waals surface area contributed by atoms with E-state index >= 15 is 0 Å². The molecule has 0 unspecified atom stereocenters. The maximum absolute atomic E-state index is 10.1. The molecule has 3 rings (SSSR count). The van der Waals surface area contributed by atoms with Gasteiger partial charge in [-0.25, -0.2) is 4.68 Å². The lowest BCUT2D eigenvalue weighted by atomic mass is 10.1. The Balaban J connectivity index is 1.54. The Kier molecular flexibility index (Phi) is 5.08. The smallest absolute Gasteiger partial charge is 0.165 e. The maximum atomic E-state index is 10.1. The molecule has 0 spiro atoms. The van der Waals surface area contributed by atoms with Crippen molar-refractivity contribution in [3.63, 3.8) is 0 Å². The number of benzene rings is 2. The number of nitrogens with one attached hydrogen (secondary N) is 1. The lowest BCUT2D eigenvalue weighted by Crippen LogP contribution is -2.23. The molecule has 23 heavy (non-hydrogen) atoms. The molecule has 1 atom stereocenters. The molecule has 2 aromatic carbocycles. The van der Waals surface area contributed by atoms with Crippen molar-refractivity contribution >= 4 is 0 Å². The van der Waals surface area contributed by atoms with Gasteiger partial charge in [-0.2, -0.15) is 0 Å². The van der Waals surface area contributed by atoms with Crippen molar-refractivity contribution < 1.29 is 5.11 Å². The fourth-order valence-electron chi connectivity index (χ4n) is 2.34. The van der Waals surface area contributed by atoms with Gasteiger partial charge >= 0.3 is 0 Å². The summed E-state index contributed by atoms with van der Waals surface area (Å²) in [5, 5.41) is 25.1. The van der Waals surface area contributed by atoms with Gasteiger partial charge in [-0.05, 0) is 21.6 Å². The average Bonchev–Trinajstić information content (AvgIpc) is 3.03. The van der Waals surface area contributed by atoms with E-state index in [1.54, 1.807) is 4.68 Å². The quantitative estimate of drug-likeness (QED) is 0.692. The van der Waals surface area contributed by atoms with Crippen LogP contribution in [0.2, 0.25) is 0 Å². The second kappa shape index (κ2) is 7.62. The number of hydrogen-bond acceptors (Lipinski definition) is 5. The zero-order valence-corrected chi connectivity index (χ0v) is 12.7. The van der Waals surface area contributed by atoms with Crippen molar-refractivity contribution in [1.29, 1.82) is 0 Å². The van der Waals surface area contributed by atoms with E-state index in [1.807, 2.05) is 60.7 Å². The zero-order valence-electron chi connectivity index (χ0n) is 12.7. The first-order valence-corrected chi connectivity index (χ1v) is 7.55. The first-order chi connectivity index (χ1) is 11.3. The summed E-state index contributed by atoms with van der Waals surface area (Å²) in [7, 11) is 0. The summed E-state index contributed by atoms with van der Waals surface area (Å²) in [6.45, 7) is 1.58. The summed E-state index contributed by atoms with van der Waals surface area (Å²) >= 11 is 0. The summed E-state index contributed by atoms with van der Waals surface area (Å²) in [6, 6.07) is 19.6. The third kappa shape index (κ3) is 4.21. The van der Waals surface area contributed by atoms with Crippen molar-refractivity contribution in [2.24, 2.45) is 0 Å². The molecule has 0 saturated carbocycles. The molecule has 6 heteroatoms. The molecule has 2 N–H and O–H groups in total. The lowest BCUT2D eigenvalue weighted by molar-refractivity contribution is 0.174. The van der Waals surface area contributed by atoms with Crippen molar-refractivity contribution in [3.8, 4) is 0 Å². The number of nitrogens with zero attached hydrogens (tertiary/aromatic N) is 4. The molecule has 0 fully saturated rings. The number of aliphatic hydroxyl groups is 1. The van der Waals surface area contributed by atoms with Crippen molar-refractivity contribution in [3.05, 3.63) is 77.6 Å². The number of rotatable bonds is 7. The van der Waals surface area contributed by atoms with Crippen LogP contribution in [0.25, 0.3) is 0 Å². The summed E-state index contributed by atoms with van der Waals surface area (Å²) in [4.78, 5) is 0. The molecule has 1 aromatic heterocycles. The van der Waals surface area contributed by atoms with Gasteiger partial charge in [0.25, 0.3) is 0 Å². The molecule has 0 aliphatic carbocycles. The van der Waals surface area contributed by atoms with E-state index < -0.39 is 6.10 Å². The topological polar surface area (TPSA) is 75.9 Å². The molecule has 1 heterocycles. The molecule has 0 aliphatic rings. The first-order valence-electron chi connectivity index (χ1n) is 7.55. The Morgan fingerprint density at radius 2 is 1.70 bits per heavy atom. The number of aromatic nitrogens is 4. The highest BCUT2D eigenvalue weighted by Gasteiger charge is 2.09. The summed E-state index contributed by atoms with van der Waals surface area (Å²) in [6.07, 6.45) is -0.547. The maximum Gasteiger partial charge on any atom is 0.165 e. The summed E-state index contributed by atoms with van der Waals surface area (Å²) in [5.41, 5.74) is 2.04. The Morgan fingerprint density at radius 1 is 1.00 bits per heavy atom. The normalized spacial score (nSPS) is 12.2. The molecule has 0 bridgehead atoms. The van der Waals surface area contributed by atoms with Crippen LogP contribution >= 0.6 is 0 Å². The summed E-state index contributed by atoms with van der Waals surface area (Å²) in [5.74, 6) is 0.745. The van der Waals surface area contributed by atoms with Crippen LogP contribution in [0, 0.1) is 0 Å². The van der Waals surface area contributed by atoms with Gasteiger partial charge < -0.3 is 10.4 Å². The van der Waals surface area contributed by atoms with Gasteiger partial charge in [0, 0.05) is 6.54 Å². The zero-order chi connectivity index (χ0) is 15.9. The minimum Gasteiger partial charge on any atom is -0.387 e. The van der Waals surface area contributed by atoms with Crippen molar-refractivity contribution in [2.75, 3.05) is 6.54 Å². The van der Waals surface area contributed by atoms with Crippen LogP contribution in [0.4, 0.5) is 0 Å². The monoisotopic (exact) mass is 309 g/mol. The van der Waals surface area contributed by atoms with Gasteiger partial charge in [0.2, 0.25) is 0 Å². The Hall–Kier alpha value is -2.57. The van der Waals surface area contributed by atoms with Crippen LogP contribution in [0.5, 0.6) is 0 Å². The van der Waals surface area contributed by atoms with Crippen LogP contribution in [0.15, 0.2) is 60.7 Å². The Bertz CT molecular complexity index is 714. The predicted molar refractivity (Wildman–Crippen MR) is 86.5 cm³/mol. The number of aliphatic hydroxyl groups excluding tert-OH is 1. The minimum absolute atomic E-state index is 0.447. The van der Waals surface area contributed by atoms with Gasteiger partial charge in [0.05, 0.1) is 19.2 Å².